The molecule has 0 unspecified atom stereocenters. The lowest BCUT2D eigenvalue weighted by atomic mass is 9.96. The van der Waals surface area contributed by atoms with E-state index in [9.17, 15) is 71.5 Å². The Labute approximate surface area is 254 Å². The Morgan fingerprint density at radius 3 is 1.31 bits per heavy atom. The van der Waals surface area contributed by atoms with E-state index in [1.54, 1.807) is 0 Å². The van der Waals surface area contributed by atoms with E-state index in [0.29, 0.717) is 0 Å². The van der Waals surface area contributed by atoms with Crippen LogP contribution in [0.5, 0.6) is 0 Å². The van der Waals surface area contributed by atoms with Gasteiger partial charge in [-0.2, -0.15) is 0 Å². The Morgan fingerprint density at radius 2 is 0.867 bits per heavy atom. The van der Waals surface area contributed by atoms with Crippen molar-refractivity contribution in [3.63, 3.8) is 0 Å². The number of hydrogen-bond donors (Lipinski definition) is 14. The van der Waals surface area contributed by atoms with E-state index >= 15 is 0 Å². The Balaban J connectivity index is 1.54. The van der Waals surface area contributed by atoms with Crippen molar-refractivity contribution in [1.82, 2.24) is 0 Å². The lowest BCUT2D eigenvalue weighted by molar-refractivity contribution is -0.404. The topological polar surface area (TPSA) is 348 Å². The molecule has 4 saturated heterocycles. The zero-order valence-corrected chi connectivity index (χ0v) is 23.5. The largest absolute Gasteiger partial charge is 0.394 e. The lowest BCUT2D eigenvalue weighted by Gasteiger charge is -2.48. The Bertz CT molecular complexity index is 931. The zero-order valence-electron chi connectivity index (χ0n) is 23.5. The minimum Gasteiger partial charge on any atom is -0.394 e. The van der Waals surface area contributed by atoms with Crippen molar-refractivity contribution in [2.45, 2.75) is 116 Å². The standard InChI is InChI=1S/C24H42O21/c25-1-6-10(30)14(34)15(35)21(39-6)42-18-11(31)7(2-26)40-22(16(18)36)43-19-12(32)8(3-27)41-23(17(19)37)45-24(5-29)20(38)13(33)9(4-28)44-24/h6-23,25-38H,1-5H2/t6-,7-,8-,9-,10+,11-,12-,13-,14+,15-,16-,17-,18+,19+,20+,21-,22-,23-,24+/m1/s1. The molecule has 4 fully saturated rings. The van der Waals surface area contributed by atoms with Gasteiger partial charge in [-0.1, -0.05) is 0 Å². The molecular weight excluding hydrogens is 624 g/mol. The van der Waals surface area contributed by atoms with E-state index in [-0.39, 0.29) is 0 Å². The average Bonchev–Trinajstić information content (AvgIpc) is 3.28. The van der Waals surface area contributed by atoms with Crippen LogP contribution in [0.4, 0.5) is 0 Å². The second-order valence-corrected chi connectivity index (χ2v) is 11.2. The summed E-state index contributed by atoms with van der Waals surface area (Å²) in [4.78, 5) is 0. The van der Waals surface area contributed by atoms with Gasteiger partial charge in [-0.25, -0.2) is 0 Å². The Hall–Kier alpha value is -0.840. The van der Waals surface area contributed by atoms with Gasteiger partial charge in [0.1, 0.15) is 98.2 Å². The van der Waals surface area contributed by atoms with Crippen molar-refractivity contribution < 1.29 is 105 Å². The van der Waals surface area contributed by atoms with E-state index in [4.69, 9.17) is 33.2 Å². The minimum atomic E-state index is -2.47. The molecule has 21 nitrogen and oxygen atoms in total. The Morgan fingerprint density at radius 1 is 0.444 bits per heavy atom. The second-order valence-electron chi connectivity index (χ2n) is 11.2. The molecule has 19 atom stereocenters. The molecule has 45 heavy (non-hydrogen) atoms. The van der Waals surface area contributed by atoms with Gasteiger partial charge >= 0.3 is 0 Å². The maximum atomic E-state index is 11.1. The van der Waals surface area contributed by atoms with Crippen LogP contribution in [-0.2, 0) is 33.2 Å². The quantitative estimate of drug-likeness (QED) is 0.0973. The highest BCUT2D eigenvalue weighted by Gasteiger charge is 2.59. The molecule has 0 aliphatic carbocycles. The Kier molecular flexibility index (Phi) is 12.5. The number of rotatable bonds is 11. The normalized spacial score (nSPS) is 52.7. The monoisotopic (exact) mass is 666 g/mol. The highest BCUT2D eigenvalue weighted by atomic mass is 16.8. The van der Waals surface area contributed by atoms with Crippen molar-refractivity contribution in [3.05, 3.63) is 0 Å². The van der Waals surface area contributed by atoms with Gasteiger partial charge in [0, 0.05) is 0 Å². The first-order valence-corrected chi connectivity index (χ1v) is 14.1. The van der Waals surface area contributed by atoms with Gasteiger partial charge in [0.05, 0.1) is 26.4 Å². The predicted octanol–water partition coefficient (Wildman–Crippen LogP) is -9.75. The molecule has 14 N–H and O–H groups in total. The maximum absolute atomic E-state index is 11.1. The fourth-order valence-electron chi connectivity index (χ4n) is 5.59. The number of hydrogen-bond acceptors (Lipinski definition) is 21. The third-order valence-corrected chi connectivity index (χ3v) is 8.30. The first-order chi connectivity index (χ1) is 21.3. The summed E-state index contributed by atoms with van der Waals surface area (Å²) in [6.45, 7) is -4.58. The molecular formula is C24H42O21. The van der Waals surface area contributed by atoms with Crippen LogP contribution in [0.3, 0.4) is 0 Å². The lowest BCUT2D eigenvalue weighted by Crippen LogP contribution is -2.67. The summed E-state index contributed by atoms with van der Waals surface area (Å²) in [7, 11) is 0. The van der Waals surface area contributed by atoms with Crippen LogP contribution in [0, 0.1) is 0 Å². The van der Waals surface area contributed by atoms with E-state index < -0.39 is 149 Å². The molecule has 4 aliphatic rings. The van der Waals surface area contributed by atoms with Crippen LogP contribution in [0.25, 0.3) is 0 Å². The SMILES string of the molecule is OC[C@H]1O[C@H](O[C@@H]2[C@@H](O)[C@@H](O[C@@H]3[C@@H](O)[C@@H](O[C@]4(CO)O[C@H](CO)[C@@H](O)[C@@H]4O)O[C@H](CO)[C@H]3O)O[C@H](CO)[C@H]2O)[C@H](O)[C@@H](O)[C@H]1O. The summed E-state index contributed by atoms with van der Waals surface area (Å²) in [5, 5.41) is 143. The van der Waals surface area contributed by atoms with Gasteiger partial charge in [-0.05, 0) is 0 Å². The molecule has 0 amide bonds. The van der Waals surface area contributed by atoms with Gasteiger partial charge in [-0.3, -0.25) is 0 Å². The van der Waals surface area contributed by atoms with Crippen molar-refractivity contribution >= 4 is 0 Å². The first-order valence-electron chi connectivity index (χ1n) is 14.1. The summed E-state index contributed by atoms with van der Waals surface area (Å²) >= 11 is 0. The predicted molar refractivity (Wildman–Crippen MR) is 134 cm³/mol. The molecule has 264 valence electrons. The van der Waals surface area contributed by atoms with Gasteiger partial charge in [-0.15, -0.1) is 0 Å². The molecule has 4 rings (SSSR count). The van der Waals surface area contributed by atoms with Crippen LogP contribution >= 0.6 is 0 Å². The van der Waals surface area contributed by atoms with Gasteiger partial charge < -0.3 is 105 Å². The number of aliphatic hydroxyl groups excluding tert-OH is 14. The van der Waals surface area contributed by atoms with E-state index in [2.05, 4.69) is 0 Å². The smallest absolute Gasteiger partial charge is 0.224 e. The van der Waals surface area contributed by atoms with Crippen molar-refractivity contribution in [2.24, 2.45) is 0 Å². The van der Waals surface area contributed by atoms with Crippen molar-refractivity contribution in [3.8, 4) is 0 Å². The van der Waals surface area contributed by atoms with Crippen LogP contribution in [-0.4, -0.2) is 221 Å². The number of aliphatic hydroxyl groups is 14. The average molecular weight is 667 g/mol. The molecule has 0 aromatic heterocycles. The molecule has 0 spiro atoms. The van der Waals surface area contributed by atoms with Crippen molar-refractivity contribution in [1.29, 1.82) is 0 Å². The van der Waals surface area contributed by atoms with Crippen LogP contribution in [0.2, 0.25) is 0 Å². The van der Waals surface area contributed by atoms with Crippen LogP contribution in [0.15, 0.2) is 0 Å². The fraction of sp³-hybridized carbons (Fsp3) is 1.00. The molecule has 0 aromatic rings. The zero-order chi connectivity index (χ0) is 33.4. The first kappa shape index (κ1) is 37.0. The van der Waals surface area contributed by atoms with Crippen LogP contribution in [0.1, 0.15) is 0 Å². The summed E-state index contributed by atoms with van der Waals surface area (Å²) in [5.41, 5.74) is 0. The summed E-state index contributed by atoms with van der Waals surface area (Å²) in [6.07, 6.45) is -32.7. The third-order valence-electron chi connectivity index (χ3n) is 8.30. The van der Waals surface area contributed by atoms with E-state index in [0.717, 1.165) is 0 Å². The minimum absolute atomic E-state index is 0.803. The maximum Gasteiger partial charge on any atom is 0.224 e. The van der Waals surface area contributed by atoms with Gasteiger partial charge in [0.15, 0.2) is 18.9 Å². The van der Waals surface area contributed by atoms with E-state index in [1.165, 1.54) is 0 Å². The highest BCUT2D eigenvalue weighted by molar-refractivity contribution is 5.00. The highest BCUT2D eigenvalue weighted by Crippen LogP contribution is 2.37. The summed E-state index contributed by atoms with van der Waals surface area (Å²) in [5.74, 6) is -2.47. The van der Waals surface area contributed by atoms with Crippen molar-refractivity contribution in [2.75, 3.05) is 33.0 Å². The van der Waals surface area contributed by atoms with Gasteiger partial charge in [0.25, 0.3) is 0 Å². The molecule has 0 bridgehead atoms. The summed E-state index contributed by atoms with van der Waals surface area (Å²) in [6, 6.07) is 0. The second kappa shape index (κ2) is 15.1. The number of ether oxygens (including phenoxy) is 7. The summed E-state index contributed by atoms with van der Waals surface area (Å²) < 4.78 is 37.9. The molecule has 0 aromatic carbocycles. The molecule has 0 radical (unpaired) electrons. The molecule has 0 saturated carbocycles. The van der Waals surface area contributed by atoms with E-state index in [1.807, 2.05) is 0 Å². The third kappa shape index (κ3) is 7.01. The fourth-order valence-corrected chi connectivity index (χ4v) is 5.59. The molecule has 21 heteroatoms. The molecule has 4 aliphatic heterocycles. The molecule has 4 heterocycles. The van der Waals surface area contributed by atoms with Crippen LogP contribution < -0.4 is 0 Å². The van der Waals surface area contributed by atoms with Gasteiger partial charge in [0.2, 0.25) is 5.79 Å².